The lowest BCUT2D eigenvalue weighted by molar-refractivity contribution is 0.341. The molecular formula is C9H17N3. The van der Waals surface area contributed by atoms with Gasteiger partial charge in [-0.2, -0.15) is 5.10 Å². The van der Waals surface area contributed by atoms with E-state index in [1.807, 2.05) is 10.7 Å². The molecule has 0 saturated carbocycles. The normalized spacial score (nSPS) is 13.7. The van der Waals surface area contributed by atoms with Crippen molar-refractivity contribution in [3.8, 4) is 0 Å². The van der Waals surface area contributed by atoms with E-state index in [0.29, 0.717) is 12.0 Å². The molecule has 1 aromatic heterocycles. The maximum Gasteiger partial charge on any atom is 0.121 e. The largest absolute Gasteiger partial charge is 0.384 e. The van der Waals surface area contributed by atoms with Crippen molar-refractivity contribution in [2.24, 2.45) is 5.92 Å². The second kappa shape index (κ2) is 3.61. The Labute approximate surface area is 73.6 Å². The van der Waals surface area contributed by atoms with Crippen molar-refractivity contribution in [3.63, 3.8) is 0 Å². The third kappa shape index (κ3) is 1.60. The predicted molar refractivity (Wildman–Crippen MR) is 50.8 cm³/mol. The first-order valence-corrected chi connectivity index (χ1v) is 4.45. The summed E-state index contributed by atoms with van der Waals surface area (Å²) in [6.07, 6.45) is 2.82. The fraction of sp³-hybridized carbons (Fsp3) is 0.667. The van der Waals surface area contributed by atoms with E-state index in [2.05, 4.69) is 25.9 Å². The van der Waals surface area contributed by atoms with E-state index >= 15 is 0 Å². The minimum absolute atomic E-state index is 0.431. The van der Waals surface area contributed by atoms with Gasteiger partial charge in [0.05, 0.1) is 12.2 Å². The number of hydrogen-bond acceptors (Lipinski definition) is 2. The van der Waals surface area contributed by atoms with Gasteiger partial charge in [-0.05, 0) is 18.4 Å². The second-order valence-electron chi connectivity index (χ2n) is 3.42. The molecule has 3 heteroatoms. The van der Waals surface area contributed by atoms with Gasteiger partial charge < -0.3 is 5.73 Å². The molecule has 12 heavy (non-hydrogen) atoms. The molecule has 0 aliphatic carbocycles. The van der Waals surface area contributed by atoms with Crippen LogP contribution in [0.2, 0.25) is 0 Å². The summed E-state index contributed by atoms with van der Waals surface area (Å²) in [5.41, 5.74) is 5.76. The Morgan fingerprint density at radius 1 is 1.58 bits per heavy atom. The van der Waals surface area contributed by atoms with Crippen LogP contribution in [0.25, 0.3) is 0 Å². The number of nitrogens with two attached hydrogens (primary N) is 1. The van der Waals surface area contributed by atoms with E-state index in [-0.39, 0.29) is 0 Å². The molecule has 0 aliphatic heterocycles. The Hall–Kier alpha value is -0.990. The summed E-state index contributed by atoms with van der Waals surface area (Å²) < 4.78 is 1.91. The summed E-state index contributed by atoms with van der Waals surface area (Å²) >= 11 is 0. The summed E-state index contributed by atoms with van der Waals surface area (Å²) in [6, 6.07) is 2.27. The molecule has 0 fully saturated rings. The third-order valence-corrected chi connectivity index (χ3v) is 2.20. The van der Waals surface area contributed by atoms with E-state index in [4.69, 9.17) is 5.73 Å². The molecule has 0 amide bonds. The van der Waals surface area contributed by atoms with Gasteiger partial charge in [-0.15, -0.1) is 0 Å². The van der Waals surface area contributed by atoms with E-state index in [9.17, 15) is 0 Å². The number of anilines is 1. The lowest BCUT2D eigenvalue weighted by Crippen LogP contribution is -2.17. The second-order valence-corrected chi connectivity index (χ2v) is 3.42. The zero-order chi connectivity index (χ0) is 9.14. The van der Waals surface area contributed by atoms with Crippen molar-refractivity contribution in [2.75, 3.05) is 5.73 Å². The number of rotatable bonds is 3. The van der Waals surface area contributed by atoms with E-state index in [1.165, 1.54) is 0 Å². The number of aromatic nitrogens is 2. The highest BCUT2D eigenvalue weighted by atomic mass is 15.3. The van der Waals surface area contributed by atoms with Crippen LogP contribution in [0, 0.1) is 5.92 Å². The summed E-state index contributed by atoms with van der Waals surface area (Å²) in [5.74, 6) is 1.34. The van der Waals surface area contributed by atoms with Gasteiger partial charge in [-0.3, -0.25) is 0 Å². The van der Waals surface area contributed by atoms with Crippen molar-refractivity contribution in [2.45, 2.75) is 33.2 Å². The van der Waals surface area contributed by atoms with Gasteiger partial charge in [-0.1, -0.05) is 20.8 Å². The van der Waals surface area contributed by atoms with E-state index in [0.717, 1.165) is 12.2 Å². The summed E-state index contributed by atoms with van der Waals surface area (Å²) in [5, 5.41) is 4.20. The summed E-state index contributed by atoms with van der Waals surface area (Å²) in [4.78, 5) is 0. The minimum atomic E-state index is 0.431. The fourth-order valence-electron chi connectivity index (χ4n) is 1.53. The van der Waals surface area contributed by atoms with Crippen LogP contribution in [0.4, 0.5) is 5.82 Å². The lowest BCUT2D eigenvalue weighted by atomic mass is 10.0. The Balaban J connectivity index is 2.87. The summed E-state index contributed by atoms with van der Waals surface area (Å²) in [7, 11) is 0. The van der Waals surface area contributed by atoms with E-state index < -0.39 is 0 Å². The van der Waals surface area contributed by atoms with Crippen molar-refractivity contribution < 1.29 is 0 Å². The molecule has 0 saturated heterocycles. The number of nitrogen functional groups attached to an aromatic ring is 1. The Bertz CT molecular complexity index is 240. The maximum absolute atomic E-state index is 5.76. The highest BCUT2D eigenvalue weighted by Crippen LogP contribution is 2.22. The molecular weight excluding hydrogens is 150 g/mol. The minimum Gasteiger partial charge on any atom is -0.384 e. The van der Waals surface area contributed by atoms with Crippen LogP contribution in [0.5, 0.6) is 0 Å². The van der Waals surface area contributed by atoms with Crippen LogP contribution in [0.1, 0.15) is 33.2 Å². The molecule has 0 radical (unpaired) electrons. The fourth-order valence-corrected chi connectivity index (χ4v) is 1.53. The molecule has 0 aliphatic rings. The van der Waals surface area contributed by atoms with Crippen LogP contribution < -0.4 is 5.73 Å². The molecule has 68 valence electrons. The standard InChI is InChI=1S/C9H17N3/c1-4-8(7(2)3)12-9(10)5-6-11-12/h5-8H,4,10H2,1-3H3. The first-order valence-electron chi connectivity index (χ1n) is 4.45. The zero-order valence-corrected chi connectivity index (χ0v) is 7.99. The Morgan fingerprint density at radius 3 is 2.58 bits per heavy atom. The van der Waals surface area contributed by atoms with Gasteiger partial charge >= 0.3 is 0 Å². The van der Waals surface area contributed by atoms with Crippen molar-refractivity contribution in [1.82, 2.24) is 9.78 Å². The average Bonchev–Trinajstić information content (AvgIpc) is 2.38. The van der Waals surface area contributed by atoms with Crippen LogP contribution in [-0.2, 0) is 0 Å². The first-order chi connectivity index (χ1) is 5.66. The average molecular weight is 167 g/mol. The molecule has 3 nitrogen and oxygen atoms in total. The van der Waals surface area contributed by atoms with Crippen molar-refractivity contribution in [3.05, 3.63) is 12.3 Å². The molecule has 2 N–H and O–H groups in total. The van der Waals surface area contributed by atoms with Gasteiger partial charge in [0.15, 0.2) is 0 Å². The SMILES string of the molecule is CCC(C(C)C)n1nccc1N. The molecule has 1 atom stereocenters. The monoisotopic (exact) mass is 167 g/mol. The Kier molecular flexibility index (Phi) is 2.74. The predicted octanol–water partition coefficient (Wildman–Crippen LogP) is 2.07. The highest BCUT2D eigenvalue weighted by molar-refractivity contribution is 5.26. The molecule has 0 bridgehead atoms. The van der Waals surface area contributed by atoms with Crippen molar-refractivity contribution >= 4 is 5.82 Å². The van der Waals surface area contributed by atoms with Crippen molar-refractivity contribution in [1.29, 1.82) is 0 Å². The Morgan fingerprint density at radius 2 is 2.25 bits per heavy atom. The van der Waals surface area contributed by atoms with Crippen LogP contribution in [0.3, 0.4) is 0 Å². The van der Waals surface area contributed by atoms with Gasteiger partial charge in [-0.25, -0.2) is 4.68 Å². The van der Waals surface area contributed by atoms with Crippen LogP contribution in [-0.4, -0.2) is 9.78 Å². The molecule has 0 spiro atoms. The maximum atomic E-state index is 5.76. The quantitative estimate of drug-likeness (QED) is 0.749. The molecule has 1 rings (SSSR count). The van der Waals surface area contributed by atoms with Crippen LogP contribution >= 0.6 is 0 Å². The zero-order valence-electron chi connectivity index (χ0n) is 7.99. The van der Waals surface area contributed by atoms with Gasteiger partial charge in [0.25, 0.3) is 0 Å². The van der Waals surface area contributed by atoms with Crippen LogP contribution in [0.15, 0.2) is 12.3 Å². The number of nitrogens with zero attached hydrogens (tertiary/aromatic N) is 2. The van der Waals surface area contributed by atoms with E-state index in [1.54, 1.807) is 6.20 Å². The number of hydrogen-bond donors (Lipinski definition) is 1. The lowest BCUT2D eigenvalue weighted by Gasteiger charge is -2.20. The molecule has 1 aromatic rings. The highest BCUT2D eigenvalue weighted by Gasteiger charge is 2.14. The van der Waals surface area contributed by atoms with Gasteiger partial charge in [0.2, 0.25) is 0 Å². The third-order valence-electron chi connectivity index (χ3n) is 2.20. The molecule has 1 heterocycles. The summed E-state index contributed by atoms with van der Waals surface area (Å²) in [6.45, 7) is 6.54. The topological polar surface area (TPSA) is 43.8 Å². The molecule has 0 aromatic carbocycles. The molecule has 1 unspecified atom stereocenters. The van der Waals surface area contributed by atoms with Gasteiger partial charge in [0, 0.05) is 0 Å². The van der Waals surface area contributed by atoms with Gasteiger partial charge in [0.1, 0.15) is 5.82 Å². The first kappa shape index (κ1) is 9.10. The smallest absolute Gasteiger partial charge is 0.121 e.